The second-order valence-electron chi connectivity index (χ2n) is 4.35. The standard InChI is InChI=1S/C14H12ClNO/c1-16-12-5-3-2-4-10(12)14(17)11-7-6-9(15)8-13(11)16/h3,5-8H,2,4H2,1H3. The van der Waals surface area contributed by atoms with Gasteiger partial charge in [-0.25, -0.2) is 0 Å². The summed E-state index contributed by atoms with van der Waals surface area (Å²) in [4.78, 5) is 12.3. The lowest BCUT2D eigenvalue weighted by molar-refractivity contribution is 0.870. The van der Waals surface area contributed by atoms with Crippen LogP contribution in [-0.4, -0.2) is 4.57 Å². The first-order valence-electron chi connectivity index (χ1n) is 5.66. The molecule has 0 saturated heterocycles. The summed E-state index contributed by atoms with van der Waals surface area (Å²) >= 11 is 5.99. The van der Waals surface area contributed by atoms with Crippen molar-refractivity contribution in [2.75, 3.05) is 0 Å². The summed E-state index contributed by atoms with van der Waals surface area (Å²) in [5.74, 6) is 0. The van der Waals surface area contributed by atoms with Crippen LogP contribution in [0.25, 0.3) is 17.0 Å². The van der Waals surface area contributed by atoms with Crippen molar-refractivity contribution in [2.24, 2.45) is 7.05 Å². The summed E-state index contributed by atoms with van der Waals surface area (Å²) in [6.07, 6.45) is 5.91. The minimum atomic E-state index is 0.147. The number of hydrogen-bond acceptors (Lipinski definition) is 1. The van der Waals surface area contributed by atoms with Gasteiger partial charge in [0.2, 0.25) is 0 Å². The molecule has 3 heteroatoms. The molecule has 1 heterocycles. The van der Waals surface area contributed by atoms with Gasteiger partial charge in [0.25, 0.3) is 0 Å². The average molecular weight is 246 g/mol. The summed E-state index contributed by atoms with van der Waals surface area (Å²) in [7, 11) is 1.98. The number of aromatic nitrogens is 1. The molecule has 2 nitrogen and oxygen atoms in total. The van der Waals surface area contributed by atoms with Crippen molar-refractivity contribution in [2.45, 2.75) is 12.8 Å². The van der Waals surface area contributed by atoms with Crippen LogP contribution in [0.1, 0.15) is 17.7 Å². The molecule has 0 unspecified atom stereocenters. The van der Waals surface area contributed by atoms with E-state index in [1.165, 1.54) is 0 Å². The molecule has 3 rings (SSSR count). The highest BCUT2D eigenvalue weighted by Crippen LogP contribution is 2.23. The monoisotopic (exact) mass is 245 g/mol. The van der Waals surface area contributed by atoms with Gasteiger partial charge < -0.3 is 4.57 Å². The minimum absolute atomic E-state index is 0.147. The zero-order valence-corrected chi connectivity index (χ0v) is 10.3. The van der Waals surface area contributed by atoms with E-state index in [1.807, 2.05) is 29.8 Å². The maximum Gasteiger partial charge on any atom is 0.193 e. The van der Waals surface area contributed by atoms with E-state index in [0.29, 0.717) is 5.02 Å². The summed E-state index contributed by atoms with van der Waals surface area (Å²) in [5.41, 5.74) is 2.97. The fourth-order valence-electron chi connectivity index (χ4n) is 2.46. The Morgan fingerprint density at radius 1 is 1.35 bits per heavy atom. The molecule has 1 aromatic carbocycles. The Balaban J connectivity index is 2.53. The molecule has 0 atom stereocenters. The van der Waals surface area contributed by atoms with Crippen LogP contribution in [-0.2, 0) is 13.5 Å². The number of halogens is 1. The molecule has 17 heavy (non-hydrogen) atoms. The van der Waals surface area contributed by atoms with E-state index < -0.39 is 0 Å². The summed E-state index contributed by atoms with van der Waals surface area (Å²) in [6.45, 7) is 0. The van der Waals surface area contributed by atoms with E-state index in [2.05, 4.69) is 6.08 Å². The number of rotatable bonds is 0. The van der Waals surface area contributed by atoms with Crippen molar-refractivity contribution in [1.82, 2.24) is 4.57 Å². The molecule has 1 aromatic heterocycles. The molecule has 0 amide bonds. The first-order chi connectivity index (χ1) is 8.18. The third-order valence-corrected chi connectivity index (χ3v) is 3.58. The van der Waals surface area contributed by atoms with Gasteiger partial charge in [-0.05, 0) is 37.1 Å². The van der Waals surface area contributed by atoms with Crippen molar-refractivity contribution in [3.63, 3.8) is 0 Å². The molecule has 0 radical (unpaired) electrons. The molecular formula is C14H12ClNO. The van der Waals surface area contributed by atoms with Crippen LogP contribution in [0.4, 0.5) is 0 Å². The van der Waals surface area contributed by atoms with Crippen LogP contribution in [0.2, 0.25) is 5.02 Å². The molecule has 0 saturated carbocycles. The van der Waals surface area contributed by atoms with Gasteiger partial charge in [0.15, 0.2) is 5.43 Å². The molecule has 0 fully saturated rings. The predicted molar refractivity (Wildman–Crippen MR) is 71.6 cm³/mol. The average Bonchev–Trinajstić information content (AvgIpc) is 2.36. The van der Waals surface area contributed by atoms with Gasteiger partial charge in [-0.15, -0.1) is 0 Å². The zero-order chi connectivity index (χ0) is 12.0. The first-order valence-corrected chi connectivity index (χ1v) is 6.04. The number of fused-ring (bicyclic) bond motifs is 2. The smallest absolute Gasteiger partial charge is 0.193 e. The van der Waals surface area contributed by atoms with Crippen LogP contribution in [0.3, 0.4) is 0 Å². The first kappa shape index (κ1) is 10.6. The van der Waals surface area contributed by atoms with E-state index >= 15 is 0 Å². The van der Waals surface area contributed by atoms with Gasteiger partial charge in [0.05, 0.1) is 5.52 Å². The highest BCUT2D eigenvalue weighted by atomic mass is 35.5. The molecule has 0 spiro atoms. The zero-order valence-electron chi connectivity index (χ0n) is 9.53. The Morgan fingerprint density at radius 3 is 3.00 bits per heavy atom. The van der Waals surface area contributed by atoms with Crippen molar-refractivity contribution in [3.8, 4) is 0 Å². The number of benzene rings is 1. The molecule has 1 aliphatic rings. The Hall–Kier alpha value is -1.54. The molecule has 1 aliphatic carbocycles. The van der Waals surface area contributed by atoms with Gasteiger partial charge in [-0.3, -0.25) is 4.79 Å². The van der Waals surface area contributed by atoms with Gasteiger partial charge in [-0.1, -0.05) is 17.7 Å². The Morgan fingerprint density at radius 2 is 2.18 bits per heavy atom. The largest absolute Gasteiger partial charge is 0.344 e. The lowest BCUT2D eigenvalue weighted by Crippen LogP contribution is -2.18. The van der Waals surface area contributed by atoms with Crippen LogP contribution in [0, 0.1) is 0 Å². The van der Waals surface area contributed by atoms with Crippen molar-refractivity contribution < 1.29 is 0 Å². The molecule has 2 aromatic rings. The summed E-state index contributed by atoms with van der Waals surface area (Å²) in [5, 5.41) is 1.41. The topological polar surface area (TPSA) is 22.0 Å². The normalized spacial score (nSPS) is 14.0. The van der Waals surface area contributed by atoms with Crippen molar-refractivity contribution >= 4 is 28.6 Å². The van der Waals surface area contributed by atoms with E-state index in [4.69, 9.17) is 11.6 Å². The van der Waals surface area contributed by atoms with Gasteiger partial charge in [0.1, 0.15) is 0 Å². The molecule has 86 valence electrons. The van der Waals surface area contributed by atoms with Gasteiger partial charge in [-0.2, -0.15) is 0 Å². The predicted octanol–water partition coefficient (Wildman–Crippen LogP) is 3.15. The third-order valence-electron chi connectivity index (χ3n) is 3.35. The van der Waals surface area contributed by atoms with E-state index in [0.717, 1.165) is 35.0 Å². The Kier molecular flexibility index (Phi) is 2.33. The maximum atomic E-state index is 12.3. The van der Waals surface area contributed by atoms with E-state index in [9.17, 15) is 4.79 Å². The Bertz CT molecular complexity index is 697. The number of nitrogens with zero attached hydrogens (tertiary/aromatic N) is 1. The number of hydrogen-bond donors (Lipinski definition) is 0. The van der Waals surface area contributed by atoms with Gasteiger partial charge >= 0.3 is 0 Å². The van der Waals surface area contributed by atoms with E-state index in [1.54, 1.807) is 6.07 Å². The summed E-state index contributed by atoms with van der Waals surface area (Å²) < 4.78 is 2.05. The lowest BCUT2D eigenvalue weighted by atomic mass is 9.99. The maximum absolute atomic E-state index is 12.3. The lowest BCUT2D eigenvalue weighted by Gasteiger charge is -2.17. The highest BCUT2D eigenvalue weighted by molar-refractivity contribution is 6.31. The molecule has 0 bridgehead atoms. The summed E-state index contributed by atoms with van der Waals surface area (Å²) in [6, 6.07) is 5.44. The molecule has 0 N–H and O–H groups in total. The molecular weight excluding hydrogens is 234 g/mol. The van der Waals surface area contributed by atoms with Crippen LogP contribution in [0.15, 0.2) is 29.1 Å². The van der Waals surface area contributed by atoms with Crippen LogP contribution < -0.4 is 5.43 Å². The van der Waals surface area contributed by atoms with E-state index in [-0.39, 0.29) is 5.43 Å². The SMILES string of the molecule is Cn1c2c(c(=O)c3ccc(Cl)cc31)CCC=C2. The van der Waals surface area contributed by atoms with Crippen LogP contribution in [0.5, 0.6) is 0 Å². The van der Waals surface area contributed by atoms with Crippen molar-refractivity contribution in [1.29, 1.82) is 0 Å². The fraction of sp³-hybridized carbons (Fsp3) is 0.214. The Labute approximate surface area is 104 Å². The second kappa shape index (κ2) is 3.74. The number of pyridine rings is 1. The van der Waals surface area contributed by atoms with Crippen LogP contribution >= 0.6 is 11.6 Å². The molecule has 0 aliphatic heterocycles. The second-order valence-corrected chi connectivity index (χ2v) is 4.79. The minimum Gasteiger partial charge on any atom is -0.344 e. The number of allylic oxidation sites excluding steroid dienone is 1. The van der Waals surface area contributed by atoms with Gasteiger partial charge in [0, 0.05) is 28.7 Å². The fourth-order valence-corrected chi connectivity index (χ4v) is 2.63. The van der Waals surface area contributed by atoms with Crippen molar-refractivity contribution in [3.05, 3.63) is 50.8 Å². The highest BCUT2D eigenvalue weighted by Gasteiger charge is 2.15. The quantitative estimate of drug-likeness (QED) is 0.699. The number of aryl methyl sites for hydroxylation is 1. The third kappa shape index (κ3) is 1.52.